The molecule has 15 heteroatoms. The summed E-state index contributed by atoms with van der Waals surface area (Å²) >= 11 is 0. The monoisotopic (exact) mass is 791 g/mol. The number of aromatic nitrogens is 1. The number of benzene rings is 1. The van der Waals surface area contributed by atoms with Crippen molar-refractivity contribution >= 4 is 39.6 Å². The Bertz CT molecular complexity index is 1920. The molecular formula is C41H57N7O7S. The summed E-state index contributed by atoms with van der Waals surface area (Å²) < 4.78 is 27.9. The fraction of sp³-hybridized carbons (Fsp3) is 0.610. The number of piperidine rings is 1. The van der Waals surface area contributed by atoms with Gasteiger partial charge in [0.2, 0.25) is 17.6 Å². The topological polar surface area (TPSA) is 187 Å². The fourth-order valence-electron chi connectivity index (χ4n) is 8.67. The first-order chi connectivity index (χ1) is 26.3. The first-order valence-electron chi connectivity index (χ1n) is 19.8. The lowest BCUT2D eigenvalue weighted by Crippen LogP contribution is -2.61. The van der Waals surface area contributed by atoms with Crippen LogP contribution in [0.3, 0.4) is 0 Å². The second-order valence-electron chi connectivity index (χ2n) is 17.8. The van der Waals surface area contributed by atoms with Crippen LogP contribution >= 0.6 is 0 Å². The molecule has 2 heterocycles. The van der Waals surface area contributed by atoms with Gasteiger partial charge in [-0.2, -0.15) is 4.31 Å². The number of carbonyl (C=O) groups is 5. The van der Waals surface area contributed by atoms with Crippen molar-refractivity contribution in [2.24, 2.45) is 34.5 Å². The predicted molar refractivity (Wildman–Crippen MR) is 209 cm³/mol. The zero-order valence-electron chi connectivity index (χ0n) is 33.5. The molecule has 4 aliphatic rings. The number of hydrogen-bond donors (Lipinski definition) is 4. The number of sulfonamides is 1. The van der Waals surface area contributed by atoms with E-state index in [0.717, 1.165) is 28.3 Å². The van der Waals surface area contributed by atoms with Crippen molar-refractivity contribution in [3.63, 3.8) is 0 Å². The van der Waals surface area contributed by atoms with Crippen LogP contribution in [-0.2, 0) is 42.0 Å². The average molecular weight is 792 g/mol. The van der Waals surface area contributed by atoms with Crippen molar-refractivity contribution < 1.29 is 32.4 Å². The largest absolute Gasteiger partial charge is 0.350 e. The quantitative estimate of drug-likeness (QED) is 0.198. The number of hydrogen-bond acceptors (Lipinski definition) is 8. The minimum atomic E-state index is -3.96. The third kappa shape index (κ3) is 8.63. The maximum Gasteiger partial charge on any atom is 0.315 e. The molecule has 1 aromatic heterocycles. The molecule has 2 saturated carbocycles. The van der Waals surface area contributed by atoms with Crippen LogP contribution in [0.1, 0.15) is 71.9 Å². The average Bonchev–Trinajstić information content (AvgIpc) is 3.91. The van der Waals surface area contributed by atoms with Crippen LogP contribution in [-0.4, -0.2) is 103 Å². The Morgan fingerprint density at radius 3 is 2.18 bits per heavy atom. The van der Waals surface area contributed by atoms with E-state index in [1.54, 1.807) is 24.0 Å². The van der Waals surface area contributed by atoms with E-state index in [9.17, 15) is 32.4 Å². The molecular weight excluding hydrogens is 735 g/mol. The molecule has 14 nitrogen and oxygen atoms in total. The van der Waals surface area contributed by atoms with E-state index in [1.807, 2.05) is 45.0 Å². The number of urea groups is 1. The number of likely N-dealkylation sites (tertiary alicyclic amines) is 1. The van der Waals surface area contributed by atoms with Gasteiger partial charge in [0.05, 0.1) is 6.04 Å². The van der Waals surface area contributed by atoms with Gasteiger partial charge in [-0.25, -0.2) is 18.2 Å². The van der Waals surface area contributed by atoms with Gasteiger partial charge in [-0.3, -0.25) is 19.2 Å². The SMILES string of the molecule is CCNC(=O)C(=O)C(CC1CC1)NC(=O)[C@@H]1[C@@H]2[C@H](CN1C(=O)[C@@H](NC(=O)N[C@H](CN(C)S(=O)(=O)c1ccccn1)C(C)(C)C)C1Cc3ccccc3C1)C2(C)C. The van der Waals surface area contributed by atoms with Gasteiger partial charge in [-0.1, -0.05) is 77.8 Å². The maximum atomic E-state index is 14.9. The van der Waals surface area contributed by atoms with E-state index in [0.29, 0.717) is 25.8 Å². The van der Waals surface area contributed by atoms with Gasteiger partial charge in [0.25, 0.3) is 15.9 Å². The highest BCUT2D eigenvalue weighted by atomic mass is 32.2. The number of carbonyl (C=O) groups excluding carboxylic acids is 5. The van der Waals surface area contributed by atoms with E-state index in [2.05, 4.69) is 40.1 Å². The smallest absolute Gasteiger partial charge is 0.315 e. The highest BCUT2D eigenvalue weighted by Crippen LogP contribution is 2.65. The van der Waals surface area contributed by atoms with Crippen LogP contribution < -0.4 is 21.3 Å². The van der Waals surface area contributed by atoms with Gasteiger partial charge in [0.1, 0.15) is 12.1 Å². The summed E-state index contributed by atoms with van der Waals surface area (Å²) in [5.74, 6) is -2.49. The lowest BCUT2D eigenvalue weighted by molar-refractivity contribution is -0.144. The van der Waals surface area contributed by atoms with Crippen molar-refractivity contribution in [3.8, 4) is 0 Å². The van der Waals surface area contributed by atoms with Gasteiger partial charge in [-0.15, -0.1) is 0 Å². The molecule has 0 radical (unpaired) electrons. The third-order valence-corrected chi connectivity index (χ3v) is 14.2. The van der Waals surface area contributed by atoms with Crippen LogP contribution in [0.15, 0.2) is 53.7 Å². The Morgan fingerprint density at radius 1 is 0.964 bits per heavy atom. The number of Topliss-reactive ketones (excluding diaryl/α,β-unsaturated/α-hetero) is 1. The highest BCUT2D eigenvalue weighted by Gasteiger charge is 2.70. The van der Waals surface area contributed by atoms with Gasteiger partial charge in [0, 0.05) is 38.9 Å². The fourth-order valence-corrected chi connectivity index (χ4v) is 9.78. The molecule has 0 bridgehead atoms. The normalized spacial score (nSPS) is 23.0. The molecule has 1 saturated heterocycles. The van der Waals surface area contributed by atoms with Crippen LogP contribution in [0.25, 0.3) is 0 Å². The number of amides is 5. The first kappa shape index (κ1) is 41.3. The molecule has 6 atom stereocenters. The summed E-state index contributed by atoms with van der Waals surface area (Å²) in [5, 5.41) is 11.3. The summed E-state index contributed by atoms with van der Waals surface area (Å²) in [6, 6.07) is 8.33. The summed E-state index contributed by atoms with van der Waals surface area (Å²) in [6.45, 7) is 12.1. The Morgan fingerprint density at radius 2 is 1.61 bits per heavy atom. The van der Waals surface area contributed by atoms with Crippen LogP contribution in [0.4, 0.5) is 4.79 Å². The number of pyridine rings is 1. The molecule has 0 spiro atoms. The number of ketones is 1. The Kier molecular flexibility index (Phi) is 11.7. The van der Waals surface area contributed by atoms with Gasteiger partial charge in [-0.05, 0) is 83.9 Å². The summed E-state index contributed by atoms with van der Waals surface area (Å²) in [4.78, 5) is 74.8. The van der Waals surface area contributed by atoms with Crippen molar-refractivity contribution in [1.29, 1.82) is 0 Å². The number of nitrogens with zero attached hydrogens (tertiary/aromatic N) is 3. The van der Waals surface area contributed by atoms with Crippen molar-refractivity contribution in [1.82, 2.24) is 35.5 Å². The molecule has 3 aliphatic carbocycles. The number of rotatable bonds is 15. The van der Waals surface area contributed by atoms with E-state index in [1.165, 1.54) is 19.3 Å². The molecule has 56 heavy (non-hydrogen) atoms. The minimum Gasteiger partial charge on any atom is -0.350 e. The molecule has 304 valence electrons. The lowest BCUT2D eigenvalue weighted by atomic mass is 9.86. The van der Waals surface area contributed by atoms with Crippen LogP contribution in [0.5, 0.6) is 0 Å². The van der Waals surface area contributed by atoms with Crippen molar-refractivity contribution in [3.05, 3.63) is 59.8 Å². The number of likely N-dealkylation sites (N-methyl/N-ethyl adjacent to an activating group) is 2. The summed E-state index contributed by atoms with van der Waals surface area (Å²) in [7, 11) is -2.52. The van der Waals surface area contributed by atoms with Gasteiger partial charge >= 0.3 is 6.03 Å². The van der Waals surface area contributed by atoms with Crippen molar-refractivity contribution in [2.45, 2.75) is 103 Å². The van der Waals surface area contributed by atoms with E-state index in [4.69, 9.17) is 0 Å². The van der Waals surface area contributed by atoms with E-state index >= 15 is 0 Å². The number of fused-ring (bicyclic) bond motifs is 2. The molecule has 2 aromatic rings. The molecule has 4 N–H and O–H groups in total. The maximum absolute atomic E-state index is 14.9. The molecule has 5 amide bonds. The lowest BCUT2D eigenvalue weighted by Gasteiger charge is -2.37. The predicted octanol–water partition coefficient (Wildman–Crippen LogP) is 2.67. The Balaban J connectivity index is 1.24. The number of nitrogens with one attached hydrogen (secondary N) is 4. The third-order valence-electron chi connectivity index (χ3n) is 12.4. The second kappa shape index (κ2) is 15.9. The molecule has 3 fully saturated rings. The van der Waals surface area contributed by atoms with Gasteiger partial charge < -0.3 is 26.2 Å². The van der Waals surface area contributed by atoms with Crippen molar-refractivity contribution in [2.75, 3.05) is 26.7 Å². The summed E-state index contributed by atoms with van der Waals surface area (Å²) in [6.07, 6.45) is 4.68. The van der Waals surface area contributed by atoms with Crippen LogP contribution in [0.2, 0.25) is 0 Å². The van der Waals surface area contributed by atoms with E-state index < -0.39 is 69.1 Å². The van der Waals surface area contributed by atoms with Gasteiger partial charge in [0.15, 0.2) is 5.03 Å². The molecule has 1 unspecified atom stereocenters. The second-order valence-corrected chi connectivity index (χ2v) is 19.7. The zero-order valence-corrected chi connectivity index (χ0v) is 34.3. The highest BCUT2D eigenvalue weighted by molar-refractivity contribution is 7.89. The zero-order chi connectivity index (χ0) is 40.7. The molecule has 1 aromatic carbocycles. The Labute approximate surface area is 330 Å². The molecule has 6 rings (SSSR count). The minimum absolute atomic E-state index is 0.0419. The standard InChI is InChI=1S/C41H57N7O7S/c1-8-42-37(51)35(49)29(19-24-16-17-24)44-36(50)34-32-28(41(32,5)6)22-48(34)38(52)33(27-20-25-13-9-10-14-26(25)21-27)46-39(53)45-30(40(2,3)4)23-47(7)56(54,55)31-15-11-12-18-43-31/h9-15,18,24,27-30,32-34H,8,16-17,19-23H2,1-7H3,(H,42,51)(H,44,50)(H2,45,46,53)/t28-,29?,30+,32-,33-,34-/m0/s1. The first-order valence-corrected chi connectivity index (χ1v) is 21.2. The van der Waals surface area contributed by atoms with E-state index in [-0.39, 0.29) is 47.2 Å². The van der Waals surface area contributed by atoms with Crippen LogP contribution in [0, 0.1) is 34.5 Å². The molecule has 1 aliphatic heterocycles. The Hall–Kier alpha value is -4.37. The summed E-state index contributed by atoms with van der Waals surface area (Å²) in [5.41, 5.74) is 1.34.